The molecule has 3 N–H and O–H groups in total. The maximum absolute atomic E-state index is 12.1. The smallest absolute Gasteiger partial charge is 0.331 e. The van der Waals surface area contributed by atoms with E-state index in [1.165, 1.54) is 0 Å². The summed E-state index contributed by atoms with van der Waals surface area (Å²) in [7, 11) is 0. The summed E-state index contributed by atoms with van der Waals surface area (Å²) in [5.41, 5.74) is -0.507. The topological polar surface area (TPSA) is 87.0 Å². The monoisotopic (exact) mass is 390 g/mol. The van der Waals surface area contributed by atoms with Crippen molar-refractivity contribution in [2.75, 3.05) is 6.61 Å². The average Bonchev–Trinajstić information content (AvgIpc) is 3.19. The number of carbonyl (C=O) groups is 1. The van der Waals surface area contributed by atoms with Gasteiger partial charge in [-0.2, -0.15) is 0 Å². The van der Waals surface area contributed by atoms with E-state index >= 15 is 0 Å². The van der Waals surface area contributed by atoms with Crippen molar-refractivity contribution in [1.29, 1.82) is 0 Å². The Balaban J connectivity index is 1.51. The van der Waals surface area contributed by atoms with Gasteiger partial charge in [-0.25, -0.2) is 4.79 Å². The van der Waals surface area contributed by atoms with E-state index in [1.807, 2.05) is 6.92 Å². The second-order valence-corrected chi connectivity index (χ2v) is 10.8. The molecule has 156 valence electrons. The summed E-state index contributed by atoms with van der Waals surface area (Å²) in [5.74, 6) is 0.657. The number of esters is 1. The van der Waals surface area contributed by atoms with Gasteiger partial charge >= 0.3 is 5.97 Å². The number of hydrogen-bond donors (Lipinski definition) is 3. The van der Waals surface area contributed by atoms with Crippen molar-refractivity contribution < 1.29 is 24.9 Å². The van der Waals surface area contributed by atoms with E-state index in [4.69, 9.17) is 4.74 Å². The van der Waals surface area contributed by atoms with E-state index in [9.17, 15) is 20.1 Å². The molecule has 4 fully saturated rings. The minimum Gasteiger partial charge on any atom is -0.458 e. The summed E-state index contributed by atoms with van der Waals surface area (Å²) >= 11 is 0. The molecule has 1 unspecified atom stereocenters. The van der Waals surface area contributed by atoms with Gasteiger partial charge in [0.15, 0.2) is 0 Å². The second-order valence-electron chi connectivity index (χ2n) is 10.8. The standard InChI is InChI=1S/C23H34O5/c1-21-7-5-15(24)10-14(21)3-4-17-18(21)11-19(25)22(2)16(6-8-23(17,22)27)13-9-20(26)28-12-13/h9,14-19,24-25,27H,3-8,10-12H2,1-2H3/t14-,15-,16-,17?,18+,19-,21+,22+,23+/m1/s1. The molecule has 0 aromatic carbocycles. The van der Waals surface area contributed by atoms with Crippen molar-refractivity contribution in [1.82, 2.24) is 0 Å². The van der Waals surface area contributed by atoms with Gasteiger partial charge in [0.1, 0.15) is 6.61 Å². The van der Waals surface area contributed by atoms with E-state index in [1.54, 1.807) is 6.08 Å². The van der Waals surface area contributed by atoms with Gasteiger partial charge in [-0.1, -0.05) is 13.8 Å². The van der Waals surface area contributed by atoms with Gasteiger partial charge in [0.05, 0.1) is 17.8 Å². The molecule has 0 aromatic heterocycles. The first-order valence-corrected chi connectivity index (χ1v) is 11.2. The summed E-state index contributed by atoms with van der Waals surface area (Å²) in [6.07, 6.45) is 7.69. The van der Waals surface area contributed by atoms with Crippen molar-refractivity contribution in [3.8, 4) is 0 Å². The molecule has 9 atom stereocenters. The Morgan fingerprint density at radius 3 is 2.54 bits per heavy atom. The lowest BCUT2D eigenvalue weighted by atomic mass is 9.42. The molecule has 0 aromatic rings. The number of aliphatic hydroxyl groups excluding tert-OH is 2. The highest BCUT2D eigenvalue weighted by Gasteiger charge is 2.70. The van der Waals surface area contributed by atoms with Crippen LogP contribution in [0.25, 0.3) is 0 Å². The number of cyclic esters (lactones) is 1. The van der Waals surface area contributed by atoms with Crippen LogP contribution in [0, 0.1) is 34.5 Å². The molecule has 5 aliphatic rings. The zero-order chi connectivity index (χ0) is 19.9. The summed E-state index contributed by atoms with van der Waals surface area (Å²) in [6, 6.07) is 0. The minimum atomic E-state index is -0.906. The molecule has 1 heterocycles. The molecule has 4 aliphatic carbocycles. The lowest BCUT2D eigenvalue weighted by Crippen LogP contribution is -2.67. The zero-order valence-corrected chi connectivity index (χ0v) is 17.1. The molecule has 0 radical (unpaired) electrons. The maximum Gasteiger partial charge on any atom is 0.331 e. The van der Waals surface area contributed by atoms with Crippen LogP contribution in [0.15, 0.2) is 11.6 Å². The fourth-order valence-corrected chi connectivity index (χ4v) is 8.37. The van der Waals surface area contributed by atoms with Crippen LogP contribution in [0.2, 0.25) is 0 Å². The molecule has 0 saturated heterocycles. The zero-order valence-electron chi connectivity index (χ0n) is 17.1. The molecule has 5 nitrogen and oxygen atoms in total. The SMILES string of the molecule is C[C@]12CC[C@@H](O)C[C@H]1CCC1[C@@H]2C[C@@H](O)[C@]2(C)[C@@H](C3=CC(=O)OC3)CC[C@]12O. The third-order valence-electron chi connectivity index (χ3n) is 10.0. The fourth-order valence-electron chi connectivity index (χ4n) is 8.37. The van der Waals surface area contributed by atoms with Crippen LogP contribution in [0.1, 0.15) is 65.2 Å². The highest BCUT2D eigenvalue weighted by molar-refractivity contribution is 5.85. The molecule has 5 rings (SSSR count). The van der Waals surface area contributed by atoms with Gasteiger partial charge in [0, 0.05) is 11.5 Å². The van der Waals surface area contributed by atoms with Crippen molar-refractivity contribution in [2.24, 2.45) is 34.5 Å². The molecular weight excluding hydrogens is 356 g/mol. The first-order chi connectivity index (χ1) is 13.2. The summed E-state index contributed by atoms with van der Waals surface area (Å²) < 4.78 is 5.16. The van der Waals surface area contributed by atoms with Gasteiger partial charge in [-0.05, 0) is 86.0 Å². The van der Waals surface area contributed by atoms with Crippen molar-refractivity contribution in [3.63, 3.8) is 0 Å². The molecule has 0 amide bonds. The van der Waals surface area contributed by atoms with E-state index < -0.39 is 17.1 Å². The lowest BCUT2D eigenvalue weighted by molar-refractivity contribution is -0.244. The number of carbonyl (C=O) groups excluding carboxylic acids is 1. The van der Waals surface area contributed by atoms with Crippen LogP contribution < -0.4 is 0 Å². The van der Waals surface area contributed by atoms with Crippen LogP contribution in [0.5, 0.6) is 0 Å². The molecule has 28 heavy (non-hydrogen) atoms. The van der Waals surface area contributed by atoms with Crippen LogP contribution >= 0.6 is 0 Å². The van der Waals surface area contributed by atoms with Gasteiger partial charge in [-0.3, -0.25) is 0 Å². The predicted octanol–water partition coefficient (Wildman–Crippen LogP) is 2.58. The molecule has 0 bridgehead atoms. The number of rotatable bonds is 1. The summed E-state index contributed by atoms with van der Waals surface area (Å²) in [6.45, 7) is 4.69. The highest BCUT2D eigenvalue weighted by Crippen LogP contribution is 2.69. The van der Waals surface area contributed by atoms with Crippen LogP contribution in [0.4, 0.5) is 0 Å². The minimum absolute atomic E-state index is 0.00129. The molecule has 0 spiro atoms. The largest absolute Gasteiger partial charge is 0.458 e. The van der Waals surface area contributed by atoms with Crippen molar-refractivity contribution >= 4 is 5.97 Å². The number of ether oxygens (including phenoxy) is 1. The number of fused-ring (bicyclic) bond motifs is 5. The Hall–Kier alpha value is -0.910. The van der Waals surface area contributed by atoms with Gasteiger partial charge < -0.3 is 20.1 Å². The predicted molar refractivity (Wildman–Crippen MR) is 103 cm³/mol. The fraction of sp³-hybridized carbons (Fsp3) is 0.870. The third-order valence-corrected chi connectivity index (χ3v) is 10.0. The van der Waals surface area contributed by atoms with Gasteiger partial charge in [-0.15, -0.1) is 0 Å². The summed E-state index contributed by atoms with van der Waals surface area (Å²) in [5, 5.41) is 33.7. The van der Waals surface area contributed by atoms with E-state index in [-0.39, 0.29) is 29.3 Å². The highest BCUT2D eigenvalue weighted by atomic mass is 16.5. The van der Waals surface area contributed by atoms with E-state index in [0.29, 0.717) is 31.3 Å². The second kappa shape index (κ2) is 6.05. The first kappa shape index (κ1) is 19.1. The van der Waals surface area contributed by atoms with Crippen LogP contribution in [-0.2, 0) is 9.53 Å². The molecule has 5 heteroatoms. The lowest BCUT2D eigenvalue weighted by Gasteiger charge is -2.64. The molecule has 4 saturated carbocycles. The van der Waals surface area contributed by atoms with Crippen molar-refractivity contribution in [3.05, 3.63) is 11.6 Å². The van der Waals surface area contributed by atoms with Crippen LogP contribution in [0.3, 0.4) is 0 Å². The Morgan fingerprint density at radius 2 is 1.82 bits per heavy atom. The molecule has 1 aliphatic heterocycles. The quantitative estimate of drug-likeness (QED) is 0.599. The van der Waals surface area contributed by atoms with E-state index in [2.05, 4.69) is 6.92 Å². The maximum atomic E-state index is 12.1. The summed E-state index contributed by atoms with van der Waals surface area (Å²) in [4.78, 5) is 11.6. The Morgan fingerprint density at radius 1 is 1.04 bits per heavy atom. The number of aliphatic hydroxyl groups is 3. The van der Waals surface area contributed by atoms with Crippen molar-refractivity contribution in [2.45, 2.75) is 83.0 Å². The van der Waals surface area contributed by atoms with E-state index in [0.717, 1.165) is 44.1 Å². The van der Waals surface area contributed by atoms with Gasteiger partial charge in [0.2, 0.25) is 0 Å². The normalized spacial score (nSPS) is 55.8. The first-order valence-electron chi connectivity index (χ1n) is 11.2. The molecular formula is C23H34O5. The Labute approximate surface area is 167 Å². The third kappa shape index (κ3) is 2.27. The average molecular weight is 391 g/mol. The Kier molecular flexibility index (Phi) is 4.12. The number of hydrogen-bond acceptors (Lipinski definition) is 5. The van der Waals surface area contributed by atoms with Crippen LogP contribution in [-0.4, -0.2) is 45.7 Å². The van der Waals surface area contributed by atoms with Gasteiger partial charge in [0.25, 0.3) is 0 Å². The Bertz CT molecular complexity index is 718.